The number of amides is 2. The van der Waals surface area contributed by atoms with Crippen LogP contribution < -0.4 is 10.6 Å². The molecule has 0 aromatic rings. The van der Waals surface area contributed by atoms with E-state index in [1.54, 1.807) is 0 Å². The SMILES string of the molecule is CCCCCCCC[C@@H]1O[C@H]1CCCCCCCC(=O)C(CCNCCCN(C(=O)CCCCCCC)[C@H]1O[C@@H]1CCCCCCCC)CNC(=O)CCCCCCC[C@@H]1O[C@@H]1CCCCCCCC. The van der Waals surface area contributed by atoms with Gasteiger partial charge in [-0.2, -0.15) is 0 Å². The van der Waals surface area contributed by atoms with Crippen molar-refractivity contribution in [1.29, 1.82) is 0 Å². The Balaban J connectivity index is 1.34. The van der Waals surface area contributed by atoms with Gasteiger partial charge in [0, 0.05) is 38.3 Å². The fourth-order valence-electron chi connectivity index (χ4n) is 10.8. The number of epoxide rings is 3. The molecule has 9 nitrogen and oxygen atoms in total. The molecule has 0 spiro atoms. The smallest absolute Gasteiger partial charge is 0.224 e. The van der Waals surface area contributed by atoms with Gasteiger partial charge in [0.25, 0.3) is 0 Å². The zero-order valence-corrected chi connectivity index (χ0v) is 46.7. The Kier molecular flexibility index (Phi) is 38.3. The lowest BCUT2D eigenvalue weighted by atomic mass is 9.95. The second-order valence-electron chi connectivity index (χ2n) is 22.4. The molecular formula is C61H115N3O6. The van der Waals surface area contributed by atoms with Gasteiger partial charge in [-0.3, -0.25) is 14.4 Å². The van der Waals surface area contributed by atoms with E-state index in [-0.39, 0.29) is 35.8 Å². The van der Waals surface area contributed by atoms with Crippen LogP contribution >= 0.6 is 0 Å². The van der Waals surface area contributed by atoms with Crippen LogP contribution in [0.4, 0.5) is 0 Å². The van der Waals surface area contributed by atoms with Crippen LogP contribution in [0.5, 0.6) is 0 Å². The van der Waals surface area contributed by atoms with Gasteiger partial charge in [-0.25, -0.2) is 0 Å². The Morgan fingerprint density at radius 3 is 1.26 bits per heavy atom. The predicted molar refractivity (Wildman–Crippen MR) is 293 cm³/mol. The molecule has 0 saturated carbocycles. The monoisotopic (exact) mass is 986 g/mol. The van der Waals surface area contributed by atoms with E-state index >= 15 is 0 Å². The molecule has 3 heterocycles. The zero-order chi connectivity index (χ0) is 50.1. The van der Waals surface area contributed by atoms with E-state index in [1.807, 2.05) is 4.90 Å². The van der Waals surface area contributed by atoms with Gasteiger partial charge in [-0.1, -0.05) is 220 Å². The van der Waals surface area contributed by atoms with Crippen LogP contribution in [0, 0.1) is 5.92 Å². The van der Waals surface area contributed by atoms with E-state index in [1.165, 1.54) is 199 Å². The molecule has 0 bridgehead atoms. The molecule has 0 aromatic carbocycles. The van der Waals surface area contributed by atoms with Gasteiger partial charge in [0.05, 0.1) is 24.4 Å². The molecule has 410 valence electrons. The Bertz CT molecular complexity index is 1270. The fourth-order valence-corrected chi connectivity index (χ4v) is 10.8. The summed E-state index contributed by atoms with van der Waals surface area (Å²) < 4.78 is 18.1. The lowest BCUT2D eigenvalue weighted by Gasteiger charge is -2.22. The minimum atomic E-state index is -0.171. The van der Waals surface area contributed by atoms with Crippen molar-refractivity contribution in [3.8, 4) is 0 Å². The molecular weight excluding hydrogens is 871 g/mol. The van der Waals surface area contributed by atoms with Crippen molar-refractivity contribution >= 4 is 17.6 Å². The first kappa shape index (κ1) is 62.7. The molecule has 7 atom stereocenters. The third-order valence-electron chi connectivity index (χ3n) is 15.8. The van der Waals surface area contributed by atoms with Gasteiger partial charge in [0.1, 0.15) is 11.9 Å². The van der Waals surface area contributed by atoms with Crippen LogP contribution in [0.3, 0.4) is 0 Å². The molecule has 3 fully saturated rings. The normalized spacial score (nSPS) is 20.7. The molecule has 3 aliphatic rings. The summed E-state index contributed by atoms with van der Waals surface area (Å²) in [7, 11) is 0. The van der Waals surface area contributed by atoms with Crippen molar-refractivity contribution in [1.82, 2.24) is 15.5 Å². The average molecular weight is 987 g/mol. The van der Waals surface area contributed by atoms with Gasteiger partial charge in [0.15, 0.2) is 6.23 Å². The van der Waals surface area contributed by atoms with Gasteiger partial charge in [0.2, 0.25) is 11.8 Å². The number of unbranched alkanes of at least 4 members (excludes halogenated alkanes) is 27. The Labute approximate surface area is 432 Å². The molecule has 9 heteroatoms. The first-order valence-electron chi connectivity index (χ1n) is 31.2. The highest BCUT2D eigenvalue weighted by Crippen LogP contribution is 2.34. The van der Waals surface area contributed by atoms with E-state index in [2.05, 4.69) is 38.3 Å². The standard InChI is InChI=1S/C61H115N3O6/c1-5-9-13-17-24-31-40-54-56(68-54)42-33-27-20-23-30-39-53(65)52(51-63-59(66)45-36-29-21-28-34-43-57-55(69-57)41-32-25-18-14-10-6-2)47-49-62-48-38-50-64(60(67)46-37-22-16-12-8-4)61-58(70-61)44-35-26-19-15-11-7-3/h52,54-58,61-62H,5-51H2,1-4H3,(H,63,66)/t52?,54-,55+,56-,57-,58+,61-/m0/s1. The van der Waals surface area contributed by atoms with Crippen molar-refractivity contribution in [2.75, 3.05) is 26.2 Å². The second-order valence-corrected chi connectivity index (χ2v) is 22.4. The van der Waals surface area contributed by atoms with E-state index in [0.29, 0.717) is 56.8 Å². The number of nitrogens with one attached hydrogen (secondary N) is 2. The minimum absolute atomic E-state index is 0.0568. The van der Waals surface area contributed by atoms with Gasteiger partial charge in [-0.05, 0) is 77.3 Å². The van der Waals surface area contributed by atoms with E-state index in [4.69, 9.17) is 14.2 Å². The zero-order valence-electron chi connectivity index (χ0n) is 46.7. The highest BCUT2D eigenvalue weighted by molar-refractivity contribution is 5.82. The Hall–Kier alpha value is -1.55. The first-order chi connectivity index (χ1) is 34.4. The minimum Gasteiger partial charge on any atom is -0.370 e. The molecule has 1 unspecified atom stereocenters. The van der Waals surface area contributed by atoms with Crippen molar-refractivity contribution in [2.45, 2.75) is 341 Å². The number of carbonyl (C=O) groups is 3. The molecule has 0 radical (unpaired) electrons. The summed E-state index contributed by atoms with van der Waals surface area (Å²) in [6.45, 7) is 11.7. The Morgan fingerprint density at radius 1 is 0.414 bits per heavy atom. The van der Waals surface area contributed by atoms with E-state index in [0.717, 1.165) is 70.9 Å². The lowest BCUT2D eigenvalue weighted by molar-refractivity contribution is -0.133. The largest absolute Gasteiger partial charge is 0.370 e. The van der Waals surface area contributed by atoms with E-state index < -0.39 is 0 Å². The van der Waals surface area contributed by atoms with Crippen molar-refractivity contribution in [2.24, 2.45) is 5.92 Å². The highest BCUT2D eigenvalue weighted by atomic mass is 16.6. The summed E-state index contributed by atoms with van der Waals surface area (Å²) in [5, 5.41) is 6.77. The number of ketones is 1. The summed E-state index contributed by atoms with van der Waals surface area (Å²) >= 11 is 0. The number of ether oxygens (including phenoxy) is 3. The summed E-state index contributed by atoms with van der Waals surface area (Å²) in [5.41, 5.74) is 0. The second kappa shape index (κ2) is 42.8. The molecule has 3 saturated heterocycles. The maximum atomic E-state index is 13.7. The maximum absolute atomic E-state index is 13.7. The van der Waals surface area contributed by atoms with Crippen LogP contribution in [-0.4, -0.2) is 85.4 Å². The quantitative estimate of drug-likeness (QED) is 0.0461. The van der Waals surface area contributed by atoms with Crippen molar-refractivity contribution in [3.63, 3.8) is 0 Å². The molecule has 2 amide bonds. The van der Waals surface area contributed by atoms with Crippen LogP contribution in [-0.2, 0) is 28.6 Å². The van der Waals surface area contributed by atoms with Crippen LogP contribution in [0.25, 0.3) is 0 Å². The lowest BCUT2D eigenvalue weighted by Crippen LogP contribution is -2.37. The van der Waals surface area contributed by atoms with Crippen molar-refractivity contribution in [3.05, 3.63) is 0 Å². The van der Waals surface area contributed by atoms with Crippen LogP contribution in [0.2, 0.25) is 0 Å². The number of Topliss-reactive ketones (excluding diaryl/α,β-unsaturated/α-hetero) is 1. The summed E-state index contributed by atoms with van der Waals surface area (Å²) in [6, 6.07) is 0. The maximum Gasteiger partial charge on any atom is 0.224 e. The van der Waals surface area contributed by atoms with Crippen molar-refractivity contribution < 1.29 is 28.6 Å². The van der Waals surface area contributed by atoms with Gasteiger partial charge in [-0.15, -0.1) is 0 Å². The number of rotatable bonds is 54. The number of nitrogens with zero attached hydrogens (tertiary/aromatic N) is 1. The van der Waals surface area contributed by atoms with Gasteiger partial charge >= 0.3 is 0 Å². The molecule has 0 aromatic heterocycles. The number of hydrogen-bond acceptors (Lipinski definition) is 7. The molecule has 3 aliphatic heterocycles. The van der Waals surface area contributed by atoms with Crippen LogP contribution in [0.15, 0.2) is 0 Å². The topological polar surface area (TPSA) is 116 Å². The number of carbonyl (C=O) groups excluding carboxylic acids is 3. The predicted octanol–water partition coefficient (Wildman–Crippen LogP) is 15.8. The molecule has 2 N–H and O–H groups in total. The molecule has 70 heavy (non-hydrogen) atoms. The third kappa shape index (κ3) is 32.6. The summed E-state index contributed by atoms with van der Waals surface area (Å²) in [4.78, 5) is 42.2. The summed E-state index contributed by atoms with van der Waals surface area (Å²) in [5.74, 6) is 0.442. The third-order valence-corrected chi connectivity index (χ3v) is 15.8. The molecule has 0 aliphatic carbocycles. The fraction of sp³-hybridized carbons (Fsp3) is 0.951. The average Bonchev–Trinajstić information content (AvgIpc) is 4.30. The summed E-state index contributed by atoms with van der Waals surface area (Å²) in [6.07, 6.45) is 52.1. The van der Waals surface area contributed by atoms with Crippen LogP contribution in [0.1, 0.15) is 304 Å². The molecule has 3 rings (SSSR count). The Morgan fingerprint density at radius 2 is 0.800 bits per heavy atom. The van der Waals surface area contributed by atoms with Gasteiger partial charge < -0.3 is 29.7 Å². The number of hydrogen-bond donors (Lipinski definition) is 2. The first-order valence-corrected chi connectivity index (χ1v) is 31.2. The highest BCUT2D eigenvalue weighted by Gasteiger charge is 2.44. The van der Waals surface area contributed by atoms with E-state index in [9.17, 15) is 14.4 Å².